The molecule has 0 bridgehead atoms. The smallest absolute Gasteiger partial charge is 0.216 e. The molecule has 0 saturated carbocycles. The van der Waals surface area contributed by atoms with Crippen molar-refractivity contribution in [1.29, 1.82) is 0 Å². The van der Waals surface area contributed by atoms with E-state index in [2.05, 4.69) is 4.99 Å². The van der Waals surface area contributed by atoms with Gasteiger partial charge in [0.25, 0.3) is 0 Å². The molecule has 3 heteroatoms. The predicted octanol–water partition coefficient (Wildman–Crippen LogP) is 1.56. The SMILES string of the molecule is CC(CO)c1ccc(C2=NCCO2)cc1. The van der Waals surface area contributed by atoms with E-state index < -0.39 is 0 Å². The lowest BCUT2D eigenvalue weighted by Crippen LogP contribution is -2.03. The highest BCUT2D eigenvalue weighted by Gasteiger charge is 2.10. The molecule has 0 amide bonds. The van der Waals surface area contributed by atoms with Crippen molar-refractivity contribution in [2.24, 2.45) is 4.99 Å². The first-order valence-corrected chi connectivity index (χ1v) is 5.19. The standard InChI is InChI=1S/C12H15NO2/c1-9(8-14)10-2-4-11(5-3-10)12-13-6-7-15-12/h2-5,9,14H,6-8H2,1H3. The number of aliphatic imine (C=N–C) groups is 1. The Labute approximate surface area is 89.4 Å². The van der Waals surface area contributed by atoms with Crippen LogP contribution in [0, 0.1) is 0 Å². The number of aliphatic hydroxyl groups excluding tert-OH is 1. The van der Waals surface area contributed by atoms with Gasteiger partial charge in [0, 0.05) is 18.1 Å². The number of benzene rings is 1. The van der Waals surface area contributed by atoms with Gasteiger partial charge in [-0.05, 0) is 17.7 Å². The molecule has 0 spiro atoms. The van der Waals surface area contributed by atoms with Crippen molar-refractivity contribution in [3.63, 3.8) is 0 Å². The van der Waals surface area contributed by atoms with Crippen LogP contribution in [0.5, 0.6) is 0 Å². The first kappa shape index (κ1) is 10.2. The predicted molar refractivity (Wildman–Crippen MR) is 59.3 cm³/mol. The Balaban J connectivity index is 2.16. The van der Waals surface area contributed by atoms with Crippen molar-refractivity contribution >= 4 is 5.90 Å². The molecule has 2 rings (SSSR count). The number of nitrogens with zero attached hydrogens (tertiary/aromatic N) is 1. The number of ether oxygens (including phenoxy) is 1. The van der Waals surface area contributed by atoms with Crippen LogP contribution in [-0.4, -0.2) is 30.8 Å². The second-order valence-electron chi connectivity index (χ2n) is 3.74. The minimum atomic E-state index is 0.177. The molecule has 1 aromatic rings. The van der Waals surface area contributed by atoms with Gasteiger partial charge in [0.2, 0.25) is 5.90 Å². The lowest BCUT2D eigenvalue weighted by molar-refractivity contribution is 0.273. The molecule has 1 aromatic carbocycles. The van der Waals surface area contributed by atoms with Crippen LogP contribution in [0.2, 0.25) is 0 Å². The molecule has 80 valence electrons. The van der Waals surface area contributed by atoms with Gasteiger partial charge in [-0.15, -0.1) is 0 Å². The highest BCUT2D eigenvalue weighted by Crippen LogP contribution is 2.16. The minimum absolute atomic E-state index is 0.177. The van der Waals surface area contributed by atoms with Crippen LogP contribution in [0.1, 0.15) is 24.0 Å². The van der Waals surface area contributed by atoms with Crippen LogP contribution in [0.15, 0.2) is 29.3 Å². The maximum Gasteiger partial charge on any atom is 0.216 e. The van der Waals surface area contributed by atoms with Gasteiger partial charge in [-0.25, -0.2) is 4.99 Å². The fourth-order valence-electron chi connectivity index (χ4n) is 1.57. The molecule has 1 atom stereocenters. The van der Waals surface area contributed by atoms with Crippen molar-refractivity contribution in [3.8, 4) is 0 Å². The summed E-state index contributed by atoms with van der Waals surface area (Å²) >= 11 is 0. The molecule has 0 aliphatic carbocycles. The van der Waals surface area contributed by atoms with Gasteiger partial charge in [-0.1, -0.05) is 19.1 Å². The van der Waals surface area contributed by atoms with Crippen LogP contribution in [0.4, 0.5) is 0 Å². The van der Waals surface area contributed by atoms with Crippen molar-refractivity contribution in [2.75, 3.05) is 19.8 Å². The van der Waals surface area contributed by atoms with Crippen molar-refractivity contribution in [2.45, 2.75) is 12.8 Å². The van der Waals surface area contributed by atoms with E-state index in [0.29, 0.717) is 6.61 Å². The molecule has 15 heavy (non-hydrogen) atoms. The lowest BCUT2D eigenvalue weighted by atomic mass is 10.0. The summed E-state index contributed by atoms with van der Waals surface area (Å²) in [6.45, 7) is 3.61. The molecule has 0 aromatic heterocycles. The van der Waals surface area contributed by atoms with E-state index >= 15 is 0 Å². The maximum atomic E-state index is 9.02. The number of rotatable bonds is 3. The first-order chi connectivity index (χ1) is 7.31. The third-order valence-corrected chi connectivity index (χ3v) is 2.59. The third kappa shape index (κ3) is 2.18. The van der Waals surface area contributed by atoms with Crippen LogP contribution >= 0.6 is 0 Å². The average Bonchev–Trinajstić information content (AvgIpc) is 2.82. The quantitative estimate of drug-likeness (QED) is 0.813. The molecule has 1 N–H and O–H groups in total. The van der Waals surface area contributed by atoms with Gasteiger partial charge in [-0.2, -0.15) is 0 Å². The van der Waals surface area contributed by atoms with Crippen molar-refractivity contribution in [1.82, 2.24) is 0 Å². The molecular formula is C12H15NO2. The zero-order valence-corrected chi connectivity index (χ0v) is 8.81. The van der Waals surface area contributed by atoms with Gasteiger partial charge in [0.05, 0.1) is 6.54 Å². The topological polar surface area (TPSA) is 41.8 Å². The average molecular weight is 205 g/mol. The van der Waals surface area contributed by atoms with Gasteiger partial charge in [0.1, 0.15) is 6.61 Å². The minimum Gasteiger partial charge on any atom is -0.476 e. The Hall–Kier alpha value is -1.35. The summed E-state index contributed by atoms with van der Waals surface area (Å²) in [5, 5.41) is 9.02. The van der Waals surface area contributed by atoms with Crippen molar-refractivity contribution in [3.05, 3.63) is 35.4 Å². The van der Waals surface area contributed by atoms with Crippen molar-refractivity contribution < 1.29 is 9.84 Å². The van der Waals surface area contributed by atoms with Gasteiger partial charge >= 0.3 is 0 Å². The summed E-state index contributed by atoms with van der Waals surface area (Å²) in [6.07, 6.45) is 0. The summed E-state index contributed by atoms with van der Waals surface area (Å²) in [4.78, 5) is 4.25. The third-order valence-electron chi connectivity index (χ3n) is 2.59. The second kappa shape index (κ2) is 4.45. The van der Waals surface area contributed by atoms with Crippen LogP contribution in [0.25, 0.3) is 0 Å². The molecular weight excluding hydrogens is 190 g/mol. The molecule has 1 heterocycles. The second-order valence-corrected chi connectivity index (χ2v) is 3.74. The van der Waals surface area contributed by atoms with Crippen LogP contribution in [-0.2, 0) is 4.74 Å². The zero-order chi connectivity index (χ0) is 10.7. The Morgan fingerprint density at radius 1 is 1.40 bits per heavy atom. The number of hydrogen-bond donors (Lipinski definition) is 1. The Morgan fingerprint density at radius 3 is 2.67 bits per heavy atom. The Bertz CT molecular complexity index is 356. The van der Waals surface area contributed by atoms with Gasteiger partial charge in [0.15, 0.2) is 0 Å². The fraction of sp³-hybridized carbons (Fsp3) is 0.417. The van der Waals surface area contributed by atoms with Crippen LogP contribution in [0.3, 0.4) is 0 Å². The molecule has 0 saturated heterocycles. The lowest BCUT2D eigenvalue weighted by Gasteiger charge is -2.08. The van der Waals surface area contributed by atoms with Gasteiger partial charge in [-0.3, -0.25) is 0 Å². The normalized spacial score (nSPS) is 17.1. The molecule has 1 aliphatic heterocycles. The molecule has 1 unspecified atom stereocenters. The molecule has 0 fully saturated rings. The Morgan fingerprint density at radius 2 is 2.13 bits per heavy atom. The Kier molecular flexibility index (Phi) is 3.02. The van der Waals surface area contributed by atoms with E-state index in [1.165, 1.54) is 0 Å². The fourth-order valence-corrected chi connectivity index (χ4v) is 1.57. The van der Waals surface area contributed by atoms with E-state index in [1.807, 2.05) is 31.2 Å². The number of hydrogen-bond acceptors (Lipinski definition) is 3. The first-order valence-electron chi connectivity index (χ1n) is 5.19. The number of aliphatic hydroxyl groups is 1. The maximum absolute atomic E-state index is 9.02. The summed E-state index contributed by atoms with van der Waals surface area (Å²) in [7, 11) is 0. The summed E-state index contributed by atoms with van der Waals surface area (Å²) in [5.74, 6) is 0.920. The van der Waals surface area contributed by atoms with E-state index in [0.717, 1.165) is 23.6 Å². The largest absolute Gasteiger partial charge is 0.476 e. The van der Waals surface area contributed by atoms with E-state index in [4.69, 9.17) is 9.84 Å². The highest BCUT2D eigenvalue weighted by molar-refractivity contribution is 5.94. The molecule has 1 aliphatic rings. The summed E-state index contributed by atoms with van der Waals surface area (Å²) in [6, 6.07) is 8.01. The molecule has 0 radical (unpaired) electrons. The van der Waals surface area contributed by atoms with Crippen LogP contribution < -0.4 is 0 Å². The summed E-state index contributed by atoms with van der Waals surface area (Å²) in [5.41, 5.74) is 2.15. The zero-order valence-electron chi connectivity index (χ0n) is 8.81. The highest BCUT2D eigenvalue weighted by atomic mass is 16.5. The monoisotopic (exact) mass is 205 g/mol. The van der Waals surface area contributed by atoms with E-state index in [9.17, 15) is 0 Å². The van der Waals surface area contributed by atoms with Gasteiger partial charge < -0.3 is 9.84 Å². The van der Waals surface area contributed by atoms with E-state index in [-0.39, 0.29) is 12.5 Å². The van der Waals surface area contributed by atoms with E-state index in [1.54, 1.807) is 0 Å². The molecule has 3 nitrogen and oxygen atoms in total. The summed E-state index contributed by atoms with van der Waals surface area (Å²) < 4.78 is 5.37.